The summed E-state index contributed by atoms with van der Waals surface area (Å²) >= 11 is 0. The highest BCUT2D eigenvalue weighted by molar-refractivity contribution is 6.10. The zero-order valence-corrected chi connectivity index (χ0v) is 17.1. The fourth-order valence-corrected chi connectivity index (χ4v) is 3.23. The standard InChI is InChI=1S/C24H23NO5/c1-15-22(16(2)25-23(15)24(27)28)19(26)11-9-17-10-12-20(21(13-17)29-3)30-14-18-7-5-4-6-8-18/h4-13,25H,14H2,1-3H3,(H,27,28)/b11-9+. The number of methoxy groups -OCH3 is 1. The number of allylic oxidation sites excluding steroid dienone is 1. The summed E-state index contributed by atoms with van der Waals surface area (Å²) in [7, 11) is 1.56. The number of hydrogen-bond donors (Lipinski definition) is 2. The summed E-state index contributed by atoms with van der Waals surface area (Å²) in [5.41, 5.74) is 3.17. The molecule has 1 aromatic heterocycles. The van der Waals surface area contributed by atoms with Gasteiger partial charge in [0.25, 0.3) is 0 Å². The van der Waals surface area contributed by atoms with Gasteiger partial charge in [0.2, 0.25) is 0 Å². The van der Waals surface area contributed by atoms with Gasteiger partial charge in [0.15, 0.2) is 17.3 Å². The van der Waals surface area contributed by atoms with E-state index in [0.717, 1.165) is 11.1 Å². The fourth-order valence-electron chi connectivity index (χ4n) is 3.23. The van der Waals surface area contributed by atoms with Gasteiger partial charge in [-0.1, -0.05) is 42.5 Å². The molecule has 6 nitrogen and oxygen atoms in total. The summed E-state index contributed by atoms with van der Waals surface area (Å²) in [6.45, 7) is 3.72. The first kappa shape index (κ1) is 20.9. The van der Waals surface area contributed by atoms with Gasteiger partial charge < -0.3 is 19.6 Å². The minimum Gasteiger partial charge on any atom is -0.493 e. The second kappa shape index (κ2) is 9.13. The highest BCUT2D eigenvalue weighted by Crippen LogP contribution is 2.29. The summed E-state index contributed by atoms with van der Waals surface area (Å²) in [6, 6.07) is 15.2. The lowest BCUT2D eigenvalue weighted by Gasteiger charge is -2.11. The van der Waals surface area contributed by atoms with Crippen LogP contribution in [0.4, 0.5) is 0 Å². The molecular weight excluding hydrogens is 382 g/mol. The van der Waals surface area contributed by atoms with Crippen LogP contribution in [0.15, 0.2) is 54.6 Å². The number of aromatic amines is 1. The Labute approximate surface area is 174 Å². The first-order valence-electron chi connectivity index (χ1n) is 9.40. The van der Waals surface area contributed by atoms with Gasteiger partial charge >= 0.3 is 5.97 Å². The first-order valence-corrected chi connectivity index (χ1v) is 9.40. The van der Waals surface area contributed by atoms with Crippen molar-refractivity contribution in [3.63, 3.8) is 0 Å². The second-order valence-electron chi connectivity index (χ2n) is 6.81. The van der Waals surface area contributed by atoms with Crippen molar-refractivity contribution in [1.29, 1.82) is 0 Å². The largest absolute Gasteiger partial charge is 0.493 e. The van der Waals surface area contributed by atoms with Crippen molar-refractivity contribution in [1.82, 2.24) is 4.98 Å². The topological polar surface area (TPSA) is 88.6 Å². The maximum atomic E-state index is 12.6. The normalized spacial score (nSPS) is 10.9. The molecule has 0 unspecified atom stereocenters. The Kier molecular flexibility index (Phi) is 6.37. The Morgan fingerprint density at radius 1 is 1.07 bits per heavy atom. The van der Waals surface area contributed by atoms with Gasteiger partial charge in [-0.15, -0.1) is 0 Å². The second-order valence-corrected chi connectivity index (χ2v) is 6.81. The molecule has 0 bridgehead atoms. The molecule has 0 aliphatic carbocycles. The molecule has 2 N–H and O–H groups in total. The number of ketones is 1. The molecule has 3 rings (SSSR count). The molecule has 0 spiro atoms. The Morgan fingerprint density at radius 2 is 1.80 bits per heavy atom. The highest BCUT2D eigenvalue weighted by atomic mass is 16.5. The van der Waals surface area contributed by atoms with Crippen LogP contribution in [0.5, 0.6) is 11.5 Å². The van der Waals surface area contributed by atoms with Gasteiger partial charge in [-0.25, -0.2) is 4.79 Å². The molecule has 154 valence electrons. The summed E-state index contributed by atoms with van der Waals surface area (Å²) < 4.78 is 11.3. The molecule has 3 aromatic rings. The zero-order chi connectivity index (χ0) is 21.7. The van der Waals surface area contributed by atoms with Crippen LogP contribution in [-0.2, 0) is 6.61 Å². The van der Waals surface area contributed by atoms with Gasteiger partial charge in [-0.2, -0.15) is 0 Å². The summed E-state index contributed by atoms with van der Waals surface area (Å²) in [5.74, 6) is -0.192. The van der Waals surface area contributed by atoms with E-state index in [1.807, 2.05) is 36.4 Å². The molecule has 1 heterocycles. The lowest BCUT2D eigenvalue weighted by molar-refractivity contribution is 0.0690. The average molecular weight is 405 g/mol. The average Bonchev–Trinajstić information content (AvgIpc) is 3.05. The van der Waals surface area contributed by atoms with Crippen molar-refractivity contribution in [2.45, 2.75) is 20.5 Å². The number of H-pyrrole nitrogens is 1. The number of nitrogens with one attached hydrogen (secondary N) is 1. The predicted octanol–water partition coefficient (Wildman–Crippen LogP) is 4.81. The fraction of sp³-hybridized carbons (Fsp3) is 0.167. The predicted molar refractivity (Wildman–Crippen MR) is 114 cm³/mol. The number of aromatic nitrogens is 1. The number of aromatic carboxylic acids is 1. The number of carboxylic acid groups (broad SMARTS) is 1. The van der Waals surface area contributed by atoms with E-state index in [0.29, 0.717) is 34.9 Å². The molecule has 0 radical (unpaired) electrons. The van der Waals surface area contributed by atoms with E-state index in [2.05, 4.69) is 4.98 Å². The lowest BCUT2D eigenvalue weighted by atomic mass is 10.0. The summed E-state index contributed by atoms with van der Waals surface area (Å²) in [6.07, 6.45) is 3.09. The molecule has 0 fully saturated rings. The van der Waals surface area contributed by atoms with Crippen molar-refractivity contribution in [3.05, 3.63) is 88.2 Å². The molecule has 6 heteroatoms. The molecule has 0 aliphatic rings. The van der Waals surface area contributed by atoms with E-state index in [1.165, 1.54) is 6.08 Å². The number of ether oxygens (including phenoxy) is 2. The van der Waals surface area contributed by atoms with Gasteiger partial charge in [0.05, 0.1) is 7.11 Å². The maximum Gasteiger partial charge on any atom is 0.352 e. The number of rotatable bonds is 8. The van der Waals surface area contributed by atoms with Crippen molar-refractivity contribution in [2.24, 2.45) is 0 Å². The SMILES string of the molecule is COc1cc(/C=C/C(=O)c2c(C)[nH]c(C(=O)O)c2C)ccc1OCc1ccccc1. The maximum absolute atomic E-state index is 12.6. The van der Waals surface area contributed by atoms with Crippen LogP contribution in [-0.4, -0.2) is 29.0 Å². The molecule has 0 atom stereocenters. The first-order chi connectivity index (χ1) is 14.4. The van der Waals surface area contributed by atoms with E-state index in [1.54, 1.807) is 39.2 Å². The van der Waals surface area contributed by atoms with Gasteiger partial charge in [-0.05, 0) is 48.7 Å². The number of carbonyl (C=O) groups excluding carboxylic acids is 1. The van der Waals surface area contributed by atoms with Crippen LogP contribution in [0.3, 0.4) is 0 Å². The minimum absolute atomic E-state index is 0.0332. The molecule has 0 saturated carbocycles. The smallest absolute Gasteiger partial charge is 0.352 e. The zero-order valence-electron chi connectivity index (χ0n) is 17.1. The van der Waals surface area contributed by atoms with E-state index >= 15 is 0 Å². The molecule has 2 aromatic carbocycles. The lowest BCUT2D eigenvalue weighted by Crippen LogP contribution is -2.01. The van der Waals surface area contributed by atoms with Crippen molar-refractivity contribution in [2.75, 3.05) is 7.11 Å². The van der Waals surface area contributed by atoms with Crippen LogP contribution >= 0.6 is 0 Å². The quantitative estimate of drug-likeness (QED) is 0.415. The van der Waals surface area contributed by atoms with Gasteiger partial charge in [-0.3, -0.25) is 4.79 Å². The Balaban J connectivity index is 1.76. The number of carbonyl (C=O) groups is 2. The monoisotopic (exact) mass is 405 g/mol. The van der Waals surface area contributed by atoms with Crippen LogP contribution in [0.1, 0.15) is 43.2 Å². The van der Waals surface area contributed by atoms with E-state index in [9.17, 15) is 14.7 Å². The van der Waals surface area contributed by atoms with Crippen LogP contribution in [0.25, 0.3) is 6.08 Å². The van der Waals surface area contributed by atoms with Crippen molar-refractivity contribution < 1.29 is 24.2 Å². The third kappa shape index (κ3) is 4.60. The molecular formula is C24H23NO5. The Bertz CT molecular complexity index is 1100. The van der Waals surface area contributed by atoms with Crippen LogP contribution < -0.4 is 9.47 Å². The van der Waals surface area contributed by atoms with Gasteiger partial charge in [0.1, 0.15) is 12.3 Å². The van der Waals surface area contributed by atoms with E-state index in [4.69, 9.17) is 9.47 Å². The van der Waals surface area contributed by atoms with Crippen molar-refractivity contribution >= 4 is 17.8 Å². The van der Waals surface area contributed by atoms with E-state index < -0.39 is 5.97 Å². The number of carboxylic acids is 1. The minimum atomic E-state index is -1.09. The third-order valence-electron chi connectivity index (χ3n) is 4.75. The summed E-state index contributed by atoms with van der Waals surface area (Å²) in [4.78, 5) is 26.6. The van der Waals surface area contributed by atoms with Crippen LogP contribution in [0, 0.1) is 13.8 Å². The molecule has 0 saturated heterocycles. The molecule has 0 amide bonds. The Hall–Kier alpha value is -3.80. The summed E-state index contributed by atoms with van der Waals surface area (Å²) in [5, 5.41) is 9.21. The number of hydrogen-bond acceptors (Lipinski definition) is 4. The van der Waals surface area contributed by atoms with Gasteiger partial charge in [0, 0.05) is 11.3 Å². The van der Waals surface area contributed by atoms with E-state index in [-0.39, 0.29) is 11.5 Å². The Morgan fingerprint density at radius 3 is 2.43 bits per heavy atom. The van der Waals surface area contributed by atoms with Crippen LogP contribution in [0.2, 0.25) is 0 Å². The number of benzene rings is 2. The van der Waals surface area contributed by atoms with Crippen molar-refractivity contribution in [3.8, 4) is 11.5 Å². The highest BCUT2D eigenvalue weighted by Gasteiger charge is 2.20. The molecule has 0 aliphatic heterocycles. The number of aryl methyl sites for hydroxylation is 1. The molecule has 30 heavy (non-hydrogen) atoms. The third-order valence-corrected chi connectivity index (χ3v) is 4.75.